The smallest absolute Gasteiger partial charge is 0.344 e. The molecule has 21 heteroatoms. The molecule has 4 rings (SSSR count). The van der Waals surface area contributed by atoms with Gasteiger partial charge in [0, 0.05) is 35.6 Å². The second kappa shape index (κ2) is 22.2. The molecule has 18 nitrogen and oxygen atoms in total. The van der Waals surface area contributed by atoms with Crippen molar-refractivity contribution >= 4 is 81.0 Å². The van der Waals surface area contributed by atoms with Gasteiger partial charge in [-0.05, 0) is 114 Å². The average Bonchev–Trinajstić information content (AvgIpc) is 3.86. The van der Waals surface area contributed by atoms with Gasteiger partial charge in [0.2, 0.25) is 11.8 Å². The van der Waals surface area contributed by atoms with Gasteiger partial charge in [0.1, 0.15) is 12.1 Å². The normalized spacial score (nSPS) is 14.7. The van der Waals surface area contributed by atoms with Crippen molar-refractivity contribution in [3.63, 3.8) is 0 Å². The third-order valence-corrected chi connectivity index (χ3v) is 7.01. The van der Waals surface area contributed by atoms with Crippen LogP contribution in [-0.4, -0.2) is 55.8 Å². The van der Waals surface area contributed by atoms with E-state index in [0.717, 1.165) is 0 Å². The van der Waals surface area contributed by atoms with Gasteiger partial charge in [-0.25, -0.2) is 0 Å². The second-order valence-corrected chi connectivity index (χ2v) is 11.3. The maximum absolute atomic E-state index is 12.0. The second-order valence-electron chi connectivity index (χ2n) is 10.5. The Morgan fingerprint density at radius 3 is 1.15 bits per heavy atom. The van der Waals surface area contributed by atoms with Crippen LogP contribution >= 0.6 is 24.4 Å². The molecule has 0 aliphatic heterocycles. The SMILES string of the molecule is C[C@H](NC(=O)[C]1[CH][CH][CH][CH]1)C(=O)NNC(=S)Nc1ccc([N+](=O)[O-])cc1.C[C@H](NC(=O)[C]1[CH][CH][CH][CH]1)C(=O)NNC(=S)Nc1ccc([N+](=O)[O-])cc1.[Fe+2]. The van der Waals surface area contributed by atoms with Gasteiger partial charge in [-0.3, -0.25) is 61.1 Å². The van der Waals surface area contributed by atoms with Crippen LogP contribution < -0.4 is 43.0 Å². The van der Waals surface area contributed by atoms with E-state index in [4.69, 9.17) is 24.4 Å². The molecule has 0 unspecified atom stereocenters. The van der Waals surface area contributed by atoms with E-state index in [0.29, 0.717) is 23.2 Å². The molecule has 0 bridgehead atoms. The zero-order valence-corrected chi connectivity index (χ0v) is 30.5. The van der Waals surface area contributed by atoms with Crippen LogP contribution in [-0.2, 0) is 36.2 Å². The van der Waals surface area contributed by atoms with E-state index in [-0.39, 0.29) is 50.5 Å². The van der Waals surface area contributed by atoms with E-state index in [1.165, 1.54) is 62.4 Å². The van der Waals surface area contributed by atoms with Crippen molar-refractivity contribution in [1.29, 1.82) is 0 Å². The van der Waals surface area contributed by atoms with Crippen LogP contribution in [0.4, 0.5) is 22.7 Å². The zero-order valence-electron chi connectivity index (χ0n) is 27.7. The fourth-order valence-electron chi connectivity index (χ4n) is 3.85. The number of carbonyl (C=O) groups excluding carboxylic acids is 4. The number of nitro benzene ring substituents is 2. The molecule has 2 fully saturated rings. The molecular weight excluding hydrogens is 772 g/mol. The van der Waals surface area contributed by atoms with E-state index in [1.54, 1.807) is 51.4 Å². The van der Waals surface area contributed by atoms with Crippen LogP contribution in [0.2, 0.25) is 0 Å². The third kappa shape index (κ3) is 15.3. The average molecular weight is 805 g/mol. The van der Waals surface area contributed by atoms with Crippen molar-refractivity contribution in [2.75, 3.05) is 10.6 Å². The van der Waals surface area contributed by atoms with Crippen LogP contribution in [0.15, 0.2) is 48.5 Å². The Morgan fingerprint density at radius 2 is 0.868 bits per heavy atom. The molecule has 0 spiro atoms. The molecular formula is C32H32FeN10O8S2+2. The molecule has 2 aromatic rings. The number of nitrogens with one attached hydrogen (secondary N) is 8. The predicted molar refractivity (Wildman–Crippen MR) is 197 cm³/mol. The first-order chi connectivity index (χ1) is 24.7. The minimum atomic E-state index is -0.785. The Balaban J connectivity index is 0.000000360. The first kappa shape index (κ1) is 44.2. The first-order valence-electron chi connectivity index (χ1n) is 15.0. The molecule has 276 valence electrons. The summed E-state index contributed by atoms with van der Waals surface area (Å²) in [6, 6.07) is 9.66. The summed E-state index contributed by atoms with van der Waals surface area (Å²) in [5.41, 5.74) is 10.7. The number of nitro groups is 2. The van der Waals surface area contributed by atoms with E-state index in [9.17, 15) is 39.4 Å². The summed E-state index contributed by atoms with van der Waals surface area (Å²) in [5, 5.41) is 32.0. The summed E-state index contributed by atoms with van der Waals surface area (Å²) in [5.74, 6) is -0.759. The number of rotatable bonds is 10. The monoisotopic (exact) mass is 804 g/mol. The zero-order chi connectivity index (χ0) is 38.2. The number of nitrogens with zero attached hydrogens (tertiary/aromatic N) is 2. The summed E-state index contributed by atoms with van der Waals surface area (Å²) in [7, 11) is 0. The molecule has 0 saturated heterocycles. The fraction of sp³-hybridized carbons (Fsp3) is 0.125. The van der Waals surface area contributed by atoms with Crippen LogP contribution in [0.25, 0.3) is 0 Å². The maximum atomic E-state index is 12.0. The van der Waals surface area contributed by atoms with Gasteiger partial charge in [0.15, 0.2) is 10.2 Å². The number of hydrogen-bond acceptors (Lipinski definition) is 10. The van der Waals surface area contributed by atoms with E-state index >= 15 is 0 Å². The van der Waals surface area contributed by atoms with Gasteiger partial charge in [-0.2, -0.15) is 0 Å². The van der Waals surface area contributed by atoms with E-state index < -0.39 is 33.7 Å². The summed E-state index contributed by atoms with van der Waals surface area (Å²) in [6.45, 7) is 3.06. The van der Waals surface area contributed by atoms with Gasteiger partial charge >= 0.3 is 17.1 Å². The molecule has 2 aromatic carbocycles. The van der Waals surface area contributed by atoms with Crippen molar-refractivity contribution in [2.24, 2.45) is 0 Å². The number of thiocarbonyl (C=S) groups is 2. The Bertz CT molecular complexity index is 1500. The predicted octanol–water partition coefficient (Wildman–Crippen LogP) is 1.64. The number of benzene rings is 2. The van der Waals surface area contributed by atoms with E-state index in [2.05, 4.69) is 43.0 Å². The largest absolute Gasteiger partial charge is 2.00 e. The summed E-state index contributed by atoms with van der Waals surface area (Å²) >= 11 is 10.0. The van der Waals surface area contributed by atoms with Crippen molar-refractivity contribution in [1.82, 2.24) is 32.3 Å². The molecule has 2 aliphatic rings. The van der Waals surface area contributed by atoms with Gasteiger partial charge in [-0.1, -0.05) is 0 Å². The first-order valence-corrected chi connectivity index (χ1v) is 15.8. The van der Waals surface area contributed by atoms with Crippen molar-refractivity contribution < 1.29 is 46.1 Å². The summed E-state index contributed by atoms with van der Waals surface area (Å²) in [6.07, 6.45) is 13.5. The minimum absolute atomic E-state index is 0. The molecule has 0 aromatic heterocycles. The summed E-state index contributed by atoms with van der Waals surface area (Å²) < 4.78 is 0. The third-order valence-electron chi connectivity index (χ3n) is 6.60. The Kier molecular flexibility index (Phi) is 18.5. The van der Waals surface area contributed by atoms with Crippen LogP contribution in [0, 0.1) is 83.4 Å². The van der Waals surface area contributed by atoms with Crippen molar-refractivity contribution in [3.05, 3.63) is 132 Å². The molecule has 0 heterocycles. The number of hydrazine groups is 2. The van der Waals surface area contributed by atoms with Crippen LogP contribution in [0.3, 0.4) is 0 Å². The van der Waals surface area contributed by atoms with Gasteiger partial charge < -0.3 is 21.3 Å². The number of non-ortho nitro benzene ring substituents is 2. The Morgan fingerprint density at radius 1 is 0.566 bits per heavy atom. The Labute approximate surface area is 326 Å². The standard InChI is InChI=1S/2C16H16N5O4S.Fe/c2*1-10(17-15(23)11-4-2-3-5-11)14(22)19-20-16(26)18-12-6-8-13(9-7-12)21(24)25;/h2*2-10H,1H3,(H,17,23)(H,19,22)(H2,18,20,26);/q;;+2/t2*10-;/m00./s1. The number of anilines is 2. The van der Waals surface area contributed by atoms with Gasteiger partial charge in [-0.15, -0.1) is 0 Å². The summed E-state index contributed by atoms with van der Waals surface area (Å²) in [4.78, 5) is 67.9. The maximum Gasteiger partial charge on any atom is 2.00 e. The topological polar surface area (TPSA) is 251 Å². The molecule has 53 heavy (non-hydrogen) atoms. The van der Waals surface area contributed by atoms with Crippen LogP contribution in [0.5, 0.6) is 0 Å². The molecule has 4 amide bonds. The molecule has 2 atom stereocenters. The van der Waals surface area contributed by atoms with E-state index in [1.807, 2.05) is 0 Å². The van der Waals surface area contributed by atoms with Crippen molar-refractivity contribution in [2.45, 2.75) is 25.9 Å². The molecule has 10 radical (unpaired) electrons. The Hall–Kier alpha value is -4.98. The number of carbonyl (C=O) groups is 4. The molecule has 2 saturated carbocycles. The number of amides is 4. The van der Waals surface area contributed by atoms with Gasteiger partial charge in [0.05, 0.1) is 21.7 Å². The molecule has 2 aliphatic carbocycles. The minimum Gasteiger partial charge on any atom is -0.344 e. The fourth-order valence-corrected chi connectivity index (χ4v) is 4.19. The van der Waals surface area contributed by atoms with Gasteiger partial charge in [0.25, 0.3) is 23.2 Å². The quantitative estimate of drug-likeness (QED) is 0.0737. The van der Waals surface area contributed by atoms with Crippen LogP contribution in [0.1, 0.15) is 13.8 Å². The number of hydrogen-bond donors (Lipinski definition) is 8. The van der Waals surface area contributed by atoms with Crippen molar-refractivity contribution in [3.8, 4) is 0 Å². The molecule has 8 N–H and O–H groups in total.